The van der Waals surface area contributed by atoms with Crippen LogP contribution in [0.1, 0.15) is 30.8 Å². The molecule has 0 aliphatic rings. The maximum atomic E-state index is 11.8. The zero-order valence-corrected chi connectivity index (χ0v) is 11.7. The lowest BCUT2D eigenvalue weighted by atomic mass is 10.0. The molecule has 0 saturated carbocycles. The number of carbonyl (C=O) groups excluding carboxylic acids is 1. The molecule has 0 fully saturated rings. The SMILES string of the molecule is CC(C)CC(CN)NC(=O)c1cc(I)c[nH]1. The Hall–Kier alpha value is -0.560. The Morgan fingerprint density at radius 3 is 2.75 bits per heavy atom. The number of halogens is 1. The van der Waals surface area contributed by atoms with E-state index in [0.29, 0.717) is 18.2 Å². The Kier molecular flexibility index (Phi) is 5.27. The van der Waals surface area contributed by atoms with E-state index >= 15 is 0 Å². The fourth-order valence-electron chi connectivity index (χ4n) is 1.55. The summed E-state index contributed by atoms with van der Waals surface area (Å²) < 4.78 is 1.02. The first-order chi connectivity index (χ1) is 7.52. The van der Waals surface area contributed by atoms with Crippen molar-refractivity contribution in [1.29, 1.82) is 0 Å². The van der Waals surface area contributed by atoms with Crippen LogP contribution >= 0.6 is 22.6 Å². The first-order valence-electron chi connectivity index (χ1n) is 5.37. The Morgan fingerprint density at radius 1 is 1.62 bits per heavy atom. The van der Waals surface area contributed by atoms with Crippen LogP contribution in [0.2, 0.25) is 0 Å². The smallest absolute Gasteiger partial charge is 0.267 e. The average Bonchev–Trinajstić information content (AvgIpc) is 2.63. The summed E-state index contributed by atoms with van der Waals surface area (Å²) >= 11 is 2.16. The van der Waals surface area contributed by atoms with Gasteiger partial charge in [-0.05, 0) is 41.0 Å². The van der Waals surface area contributed by atoms with Crippen molar-refractivity contribution in [3.05, 3.63) is 21.5 Å². The molecule has 1 aromatic rings. The number of hydrogen-bond acceptors (Lipinski definition) is 2. The maximum absolute atomic E-state index is 11.8. The number of carbonyl (C=O) groups is 1. The van der Waals surface area contributed by atoms with Gasteiger partial charge in [0.25, 0.3) is 5.91 Å². The zero-order valence-electron chi connectivity index (χ0n) is 9.59. The van der Waals surface area contributed by atoms with E-state index in [4.69, 9.17) is 5.73 Å². The molecule has 1 atom stereocenters. The molecule has 1 rings (SSSR count). The van der Waals surface area contributed by atoms with Crippen LogP contribution < -0.4 is 11.1 Å². The maximum Gasteiger partial charge on any atom is 0.267 e. The molecule has 1 aromatic heterocycles. The number of hydrogen-bond donors (Lipinski definition) is 3. The molecule has 0 aliphatic carbocycles. The number of aromatic amines is 1. The summed E-state index contributed by atoms with van der Waals surface area (Å²) in [6.45, 7) is 4.71. The predicted octanol–water partition coefficient (Wildman–Crippen LogP) is 1.72. The molecule has 0 spiro atoms. The van der Waals surface area contributed by atoms with E-state index in [9.17, 15) is 4.79 Å². The first kappa shape index (κ1) is 13.5. The number of H-pyrrole nitrogens is 1. The van der Waals surface area contributed by atoms with Gasteiger partial charge in [-0.15, -0.1) is 0 Å². The number of aromatic nitrogens is 1. The highest BCUT2D eigenvalue weighted by molar-refractivity contribution is 14.1. The van der Waals surface area contributed by atoms with E-state index in [2.05, 4.69) is 46.7 Å². The quantitative estimate of drug-likeness (QED) is 0.717. The highest BCUT2D eigenvalue weighted by Gasteiger charge is 2.14. The fraction of sp³-hybridized carbons (Fsp3) is 0.545. The van der Waals surface area contributed by atoms with E-state index in [1.165, 1.54) is 0 Å². The molecule has 1 unspecified atom stereocenters. The van der Waals surface area contributed by atoms with E-state index in [0.717, 1.165) is 9.99 Å². The standard InChI is InChI=1S/C11H18IN3O/c1-7(2)3-9(5-13)15-11(16)10-4-8(12)6-14-10/h4,6-7,9,14H,3,5,13H2,1-2H3,(H,15,16). The molecule has 4 nitrogen and oxygen atoms in total. The van der Waals surface area contributed by atoms with Crippen molar-refractivity contribution in [3.63, 3.8) is 0 Å². The Bertz CT molecular complexity index is 349. The average molecular weight is 335 g/mol. The topological polar surface area (TPSA) is 70.9 Å². The van der Waals surface area contributed by atoms with Crippen molar-refractivity contribution in [2.45, 2.75) is 26.3 Å². The minimum absolute atomic E-state index is 0.0495. The second-order valence-corrected chi connectivity index (χ2v) is 5.51. The van der Waals surface area contributed by atoms with Gasteiger partial charge < -0.3 is 16.0 Å². The van der Waals surface area contributed by atoms with Crippen molar-refractivity contribution in [2.75, 3.05) is 6.54 Å². The van der Waals surface area contributed by atoms with Gasteiger partial charge in [-0.25, -0.2) is 0 Å². The van der Waals surface area contributed by atoms with Gasteiger partial charge in [0.15, 0.2) is 0 Å². The molecule has 4 N–H and O–H groups in total. The second-order valence-electron chi connectivity index (χ2n) is 4.27. The summed E-state index contributed by atoms with van der Waals surface area (Å²) in [5.74, 6) is 0.441. The molecular formula is C11H18IN3O. The summed E-state index contributed by atoms with van der Waals surface area (Å²) in [7, 11) is 0. The molecule has 1 amide bonds. The van der Waals surface area contributed by atoms with Crippen molar-refractivity contribution < 1.29 is 4.79 Å². The molecule has 0 bridgehead atoms. The Morgan fingerprint density at radius 2 is 2.31 bits per heavy atom. The van der Waals surface area contributed by atoms with Gasteiger partial charge in [-0.3, -0.25) is 4.79 Å². The third-order valence-electron chi connectivity index (χ3n) is 2.27. The van der Waals surface area contributed by atoms with Gasteiger partial charge in [-0.2, -0.15) is 0 Å². The minimum atomic E-state index is -0.0842. The van der Waals surface area contributed by atoms with E-state index < -0.39 is 0 Å². The normalized spacial score (nSPS) is 12.8. The summed E-state index contributed by atoms with van der Waals surface area (Å²) in [6, 6.07) is 1.87. The van der Waals surface area contributed by atoms with E-state index in [-0.39, 0.29) is 11.9 Å². The van der Waals surface area contributed by atoms with Crippen molar-refractivity contribution >= 4 is 28.5 Å². The van der Waals surface area contributed by atoms with Crippen LogP contribution in [0.3, 0.4) is 0 Å². The minimum Gasteiger partial charge on any atom is -0.356 e. The summed E-state index contributed by atoms with van der Waals surface area (Å²) in [5.41, 5.74) is 6.22. The van der Waals surface area contributed by atoms with Crippen molar-refractivity contribution in [3.8, 4) is 0 Å². The van der Waals surface area contributed by atoms with Crippen LogP contribution in [0.15, 0.2) is 12.3 Å². The summed E-state index contributed by atoms with van der Waals surface area (Å²) in [4.78, 5) is 14.7. The van der Waals surface area contributed by atoms with Gasteiger partial charge in [0.05, 0.1) is 0 Å². The number of rotatable bonds is 5. The molecule has 0 aliphatic heterocycles. The summed E-state index contributed by atoms with van der Waals surface area (Å²) in [5, 5.41) is 2.93. The number of nitrogens with two attached hydrogens (primary N) is 1. The van der Waals surface area contributed by atoms with Gasteiger partial charge in [0, 0.05) is 22.4 Å². The third kappa shape index (κ3) is 4.13. The van der Waals surface area contributed by atoms with E-state index in [1.807, 2.05) is 6.07 Å². The molecule has 0 saturated heterocycles. The van der Waals surface area contributed by atoms with Gasteiger partial charge in [0.2, 0.25) is 0 Å². The highest BCUT2D eigenvalue weighted by atomic mass is 127. The van der Waals surface area contributed by atoms with Crippen molar-refractivity contribution in [1.82, 2.24) is 10.3 Å². The molecule has 1 heterocycles. The van der Waals surface area contributed by atoms with Gasteiger partial charge in [0.1, 0.15) is 5.69 Å². The molecule has 0 aromatic carbocycles. The van der Waals surface area contributed by atoms with Crippen LogP contribution in [0.4, 0.5) is 0 Å². The molecule has 16 heavy (non-hydrogen) atoms. The van der Waals surface area contributed by atoms with Crippen LogP contribution in [-0.2, 0) is 0 Å². The lowest BCUT2D eigenvalue weighted by molar-refractivity contribution is 0.0929. The molecule has 90 valence electrons. The van der Waals surface area contributed by atoms with Crippen LogP contribution in [0.25, 0.3) is 0 Å². The van der Waals surface area contributed by atoms with Crippen LogP contribution in [0, 0.1) is 9.49 Å². The van der Waals surface area contributed by atoms with Crippen LogP contribution in [0.5, 0.6) is 0 Å². The largest absolute Gasteiger partial charge is 0.356 e. The monoisotopic (exact) mass is 335 g/mol. The molecular weight excluding hydrogens is 317 g/mol. The molecule has 0 radical (unpaired) electrons. The molecule has 5 heteroatoms. The third-order valence-corrected chi connectivity index (χ3v) is 2.89. The van der Waals surface area contributed by atoms with E-state index in [1.54, 1.807) is 6.20 Å². The highest BCUT2D eigenvalue weighted by Crippen LogP contribution is 2.08. The Balaban J connectivity index is 2.55. The zero-order chi connectivity index (χ0) is 12.1. The lowest BCUT2D eigenvalue weighted by Crippen LogP contribution is -2.41. The van der Waals surface area contributed by atoms with Gasteiger partial charge in [-0.1, -0.05) is 13.8 Å². The van der Waals surface area contributed by atoms with Crippen molar-refractivity contribution in [2.24, 2.45) is 11.7 Å². The summed E-state index contributed by atoms with van der Waals surface area (Å²) in [6.07, 6.45) is 2.70. The first-order valence-corrected chi connectivity index (χ1v) is 6.45. The Labute approximate surface area is 110 Å². The number of nitrogens with one attached hydrogen (secondary N) is 2. The predicted molar refractivity (Wildman–Crippen MR) is 73.3 cm³/mol. The fourth-order valence-corrected chi connectivity index (χ4v) is 2.01. The lowest BCUT2D eigenvalue weighted by Gasteiger charge is -2.18. The van der Waals surface area contributed by atoms with Crippen LogP contribution in [-0.4, -0.2) is 23.5 Å². The number of amides is 1. The second kappa shape index (κ2) is 6.24. The van der Waals surface area contributed by atoms with Gasteiger partial charge >= 0.3 is 0 Å².